The van der Waals surface area contributed by atoms with E-state index in [1.807, 2.05) is 0 Å². The van der Waals surface area contributed by atoms with Crippen molar-refractivity contribution < 1.29 is 13.2 Å². The predicted molar refractivity (Wildman–Crippen MR) is 113 cm³/mol. The predicted octanol–water partition coefficient (Wildman–Crippen LogP) is 4.13. The molecule has 2 aromatic carbocycles. The highest BCUT2D eigenvalue weighted by molar-refractivity contribution is 7.92. The average Bonchev–Trinajstić information content (AvgIpc) is 2.66. The molecule has 2 N–H and O–H groups in total. The summed E-state index contributed by atoms with van der Waals surface area (Å²) >= 11 is 0. The molecule has 1 amide bonds. The molecule has 1 unspecified atom stereocenters. The van der Waals surface area contributed by atoms with Crippen molar-refractivity contribution >= 4 is 21.6 Å². The zero-order valence-electron chi connectivity index (χ0n) is 16.7. The van der Waals surface area contributed by atoms with Crippen LogP contribution in [0.5, 0.6) is 0 Å². The topological polar surface area (TPSA) is 75.3 Å². The Balaban J connectivity index is 1.80. The standard InChI is InChI=1S/C22H28N2O3S/c1-4-20(18-12-11-16-7-5-6-8-17(16)13-18)23-22(25)19-10-9-15(2)21(14-19)24-28(3,26)27/h9-14,20,24H,4-8H2,1-3H3,(H,23,25). The van der Waals surface area contributed by atoms with Gasteiger partial charge >= 0.3 is 0 Å². The lowest BCUT2D eigenvalue weighted by Crippen LogP contribution is -2.28. The Labute approximate surface area is 167 Å². The van der Waals surface area contributed by atoms with Gasteiger partial charge < -0.3 is 5.32 Å². The molecule has 1 atom stereocenters. The van der Waals surface area contributed by atoms with Crippen LogP contribution < -0.4 is 10.0 Å². The fourth-order valence-corrected chi connectivity index (χ4v) is 4.33. The van der Waals surface area contributed by atoms with Gasteiger partial charge in [0.2, 0.25) is 10.0 Å². The first kappa shape index (κ1) is 20.4. The number of benzene rings is 2. The largest absolute Gasteiger partial charge is 0.345 e. The first-order chi connectivity index (χ1) is 13.3. The molecule has 0 spiro atoms. The van der Waals surface area contributed by atoms with E-state index >= 15 is 0 Å². The molecule has 6 heteroatoms. The van der Waals surface area contributed by atoms with E-state index in [0.717, 1.165) is 36.6 Å². The fraction of sp³-hybridized carbons (Fsp3) is 0.409. The van der Waals surface area contributed by atoms with E-state index in [1.54, 1.807) is 25.1 Å². The summed E-state index contributed by atoms with van der Waals surface area (Å²) in [7, 11) is -3.40. The van der Waals surface area contributed by atoms with Crippen LogP contribution in [0.15, 0.2) is 36.4 Å². The molecule has 0 saturated carbocycles. The maximum atomic E-state index is 12.8. The minimum Gasteiger partial charge on any atom is -0.345 e. The number of hydrogen-bond donors (Lipinski definition) is 2. The molecule has 1 aliphatic rings. The molecule has 150 valence electrons. The van der Waals surface area contributed by atoms with Crippen LogP contribution in [-0.2, 0) is 22.9 Å². The highest BCUT2D eigenvalue weighted by Crippen LogP contribution is 2.26. The van der Waals surface area contributed by atoms with Gasteiger partial charge in [-0.25, -0.2) is 8.42 Å². The van der Waals surface area contributed by atoms with Gasteiger partial charge in [0, 0.05) is 5.56 Å². The van der Waals surface area contributed by atoms with E-state index in [-0.39, 0.29) is 11.9 Å². The second-order valence-electron chi connectivity index (χ2n) is 7.57. The van der Waals surface area contributed by atoms with Gasteiger partial charge in [0.25, 0.3) is 5.91 Å². The highest BCUT2D eigenvalue weighted by atomic mass is 32.2. The lowest BCUT2D eigenvalue weighted by atomic mass is 9.88. The summed E-state index contributed by atoms with van der Waals surface area (Å²) in [4.78, 5) is 12.8. The van der Waals surface area contributed by atoms with Gasteiger partial charge in [-0.2, -0.15) is 0 Å². The van der Waals surface area contributed by atoms with Crippen LogP contribution in [0.3, 0.4) is 0 Å². The number of rotatable bonds is 6. The van der Waals surface area contributed by atoms with Gasteiger partial charge in [-0.3, -0.25) is 9.52 Å². The number of aryl methyl sites for hydroxylation is 3. The summed E-state index contributed by atoms with van der Waals surface area (Å²) in [6.45, 7) is 3.85. The number of carbonyl (C=O) groups is 1. The molecule has 2 aromatic rings. The Morgan fingerprint density at radius 2 is 1.79 bits per heavy atom. The van der Waals surface area contributed by atoms with Crippen molar-refractivity contribution in [2.24, 2.45) is 0 Å². The molecule has 28 heavy (non-hydrogen) atoms. The van der Waals surface area contributed by atoms with Gasteiger partial charge in [-0.05, 0) is 73.4 Å². The molecule has 3 rings (SSSR count). The second kappa shape index (κ2) is 8.35. The van der Waals surface area contributed by atoms with Gasteiger partial charge in [-0.1, -0.05) is 31.2 Å². The van der Waals surface area contributed by atoms with Crippen LogP contribution in [-0.4, -0.2) is 20.6 Å². The molecule has 0 aliphatic heterocycles. The minimum atomic E-state index is -3.40. The summed E-state index contributed by atoms with van der Waals surface area (Å²) in [5.74, 6) is -0.207. The zero-order chi connectivity index (χ0) is 20.3. The smallest absolute Gasteiger partial charge is 0.251 e. The van der Waals surface area contributed by atoms with Gasteiger partial charge in [0.15, 0.2) is 0 Å². The monoisotopic (exact) mass is 400 g/mol. The van der Waals surface area contributed by atoms with Crippen molar-refractivity contribution in [3.63, 3.8) is 0 Å². The normalized spacial score (nSPS) is 14.8. The Morgan fingerprint density at radius 3 is 2.46 bits per heavy atom. The van der Waals surface area contributed by atoms with Crippen LogP contribution >= 0.6 is 0 Å². The molecule has 0 saturated heterocycles. The third kappa shape index (κ3) is 4.93. The van der Waals surface area contributed by atoms with E-state index in [4.69, 9.17) is 0 Å². The third-order valence-corrected chi connectivity index (χ3v) is 5.87. The third-order valence-electron chi connectivity index (χ3n) is 5.28. The maximum Gasteiger partial charge on any atom is 0.251 e. The van der Waals surface area contributed by atoms with E-state index in [1.165, 1.54) is 24.0 Å². The van der Waals surface area contributed by atoms with Crippen LogP contribution in [0.25, 0.3) is 0 Å². The minimum absolute atomic E-state index is 0.0765. The second-order valence-corrected chi connectivity index (χ2v) is 9.32. The maximum absolute atomic E-state index is 12.8. The van der Waals surface area contributed by atoms with Crippen molar-refractivity contribution in [2.75, 3.05) is 11.0 Å². The Hall–Kier alpha value is -2.34. The van der Waals surface area contributed by atoms with Crippen molar-refractivity contribution in [3.05, 3.63) is 64.2 Å². The van der Waals surface area contributed by atoms with Gasteiger partial charge in [0.05, 0.1) is 18.0 Å². The summed E-state index contributed by atoms with van der Waals surface area (Å²) in [5, 5.41) is 3.10. The number of hydrogen-bond acceptors (Lipinski definition) is 3. The Morgan fingerprint density at radius 1 is 1.07 bits per heavy atom. The number of amides is 1. The van der Waals surface area contributed by atoms with Gasteiger partial charge in [0.1, 0.15) is 0 Å². The Kier molecular flexibility index (Phi) is 6.08. The fourth-order valence-electron chi connectivity index (χ4n) is 3.71. The number of carbonyl (C=O) groups excluding carboxylic acids is 1. The van der Waals surface area contributed by atoms with Crippen LogP contribution in [0.1, 0.15) is 64.8 Å². The summed E-state index contributed by atoms with van der Waals surface area (Å²) < 4.78 is 25.6. The number of fused-ring (bicyclic) bond motifs is 1. The quantitative estimate of drug-likeness (QED) is 0.766. The molecule has 0 bridgehead atoms. The average molecular weight is 401 g/mol. The molecule has 0 aromatic heterocycles. The van der Waals surface area contributed by atoms with E-state index in [2.05, 4.69) is 35.2 Å². The summed E-state index contributed by atoms with van der Waals surface area (Å²) in [6.07, 6.45) is 6.59. The molecule has 0 radical (unpaired) electrons. The molecule has 5 nitrogen and oxygen atoms in total. The lowest BCUT2D eigenvalue weighted by molar-refractivity contribution is 0.0935. The van der Waals surface area contributed by atoms with E-state index < -0.39 is 10.0 Å². The Bertz CT molecular complexity index is 983. The van der Waals surface area contributed by atoms with Crippen LogP contribution in [0.4, 0.5) is 5.69 Å². The van der Waals surface area contributed by atoms with Crippen molar-refractivity contribution in [1.29, 1.82) is 0 Å². The highest BCUT2D eigenvalue weighted by Gasteiger charge is 2.18. The summed E-state index contributed by atoms with van der Waals surface area (Å²) in [5.41, 5.74) is 5.57. The SMILES string of the molecule is CCC(NC(=O)c1ccc(C)c(NS(C)(=O)=O)c1)c1ccc2c(c1)CCCC2. The number of sulfonamides is 1. The van der Waals surface area contributed by atoms with Gasteiger partial charge in [-0.15, -0.1) is 0 Å². The van der Waals surface area contributed by atoms with Crippen molar-refractivity contribution in [2.45, 2.75) is 52.0 Å². The zero-order valence-corrected chi connectivity index (χ0v) is 17.5. The van der Waals surface area contributed by atoms with E-state index in [0.29, 0.717) is 11.3 Å². The molecule has 0 fully saturated rings. The van der Waals surface area contributed by atoms with E-state index in [9.17, 15) is 13.2 Å². The first-order valence-electron chi connectivity index (χ1n) is 9.78. The summed E-state index contributed by atoms with van der Waals surface area (Å²) in [6, 6.07) is 11.5. The van der Waals surface area contributed by atoms with Crippen molar-refractivity contribution in [1.82, 2.24) is 5.32 Å². The van der Waals surface area contributed by atoms with Crippen molar-refractivity contribution in [3.8, 4) is 0 Å². The number of anilines is 1. The first-order valence-corrected chi connectivity index (χ1v) is 11.7. The van der Waals surface area contributed by atoms with Crippen LogP contribution in [0, 0.1) is 6.92 Å². The lowest BCUT2D eigenvalue weighted by Gasteiger charge is -2.22. The molecular formula is C22H28N2O3S. The molecular weight excluding hydrogens is 372 g/mol. The molecule has 0 heterocycles. The number of nitrogens with one attached hydrogen (secondary N) is 2. The molecule has 1 aliphatic carbocycles. The van der Waals surface area contributed by atoms with Crippen LogP contribution in [0.2, 0.25) is 0 Å².